The van der Waals surface area contributed by atoms with Crippen LogP contribution in [0.5, 0.6) is 0 Å². The van der Waals surface area contributed by atoms with Crippen LogP contribution in [0.3, 0.4) is 0 Å². The van der Waals surface area contributed by atoms with Crippen LogP contribution in [0.25, 0.3) is 0 Å². The van der Waals surface area contributed by atoms with Crippen molar-refractivity contribution in [1.82, 2.24) is 5.32 Å². The average molecular weight is 300 g/mol. The number of carbonyl (C=O) groups excluding carboxylic acids is 1. The lowest BCUT2D eigenvalue weighted by Crippen LogP contribution is -2.28. The van der Waals surface area contributed by atoms with Gasteiger partial charge >= 0.3 is 0 Å². The summed E-state index contributed by atoms with van der Waals surface area (Å²) in [5.74, 6) is 4.13. The minimum atomic E-state index is -2.55. The molecule has 0 radical (unpaired) electrons. The highest BCUT2D eigenvalue weighted by Crippen LogP contribution is 2.10. The van der Waals surface area contributed by atoms with Gasteiger partial charge in [-0.1, -0.05) is 11.8 Å². The van der Waals surface area contributed by atoms with E-state index in [-0.39, 0.29) is 30.8 Å². The first-order valence-corrected chi connectivity index (χ1v) is 6.17. The number of nitrogens with one attached hydrogen (secondary N) is 1. The lowest BCUT2D eigenvalue weighted by molar-refractivity contribution is 0.0188. The molecule has 1 aromatic carbocycles. The van der Waals surface area contributed by atoms with Gasteiger partial charge in [0, 0.05) is 12.1 Å². The van der Waals surface area contributed by atoms with Crippen molar-refractivity contribution >= 4 is 5.91 Å². The zero-order chi connectivity index (χ0) is 15.7. The van der Waals surface area contributed by atoms with E-state index in [2.05, 4.69) is 21.9 Å². The van der Waals surface area contributed by atoms with Crippen molar-refractivity contribution in [1.29, 1.82) is 0 Å². The minimum absolute atomic E-state index is 0.0406. The van der Waals surface area contributed by atoms with Crippen LogP contribution in [0.15, 0.2) is 18.2 Å². The van der Waals surface area contributed by atoms with Gasteiger partial charge in [-0.15, -0.1) is 0 Å². The number of nitrogens with two attached hydrogens (primary N) is 1. The van der Waals surface area contributed by atoms with Crippen molar-refractivity contribution in [2.45, 2.75) is 6.43 Å². The molecule has 1 rings (SSSR count). The summed E-state index contributed by atoms with van der Waals surface area (Å²) in [6, 6.07) is 3.56. The molecule has 0 aromatic heterocycles. The molecule has 7 heteroatoms. The second-order valence-electron chi connectivity index (χ2n) is 3.92. The number of hydrogen-bond acceptors (Lipinski definition) is 3. The van der Waals surface area contributed by atoms with Crippen molar-refractivity contribution in [2.75, 3.05) is 26.3 Å². The van der Waals surface area contributed by atoms with Crippen LogP contribution in [0, 0.1) is 17.7 Å². The highest BCUT2D eigenvalue weighted by atomic mass is 19.3. The molecule has 0 aliphatic heterocycles. The number of hydrogen-bond donors (Lipinski definition) is 2. The first kappa shape index (κ1) is 17.0. The van der Waals surface area contributed by atoms with Gasteiger partial charge in [-0.2, -0.15) is 0 Å². The van der Waals surface area contributed by atoms with E-state index in [0.717, 1.165) is 12.1 Å². The molecule has 0 aliphatic carbocycles. The summed E-state index contributed by atoms with van der Waals surface area (Å²) < 4.78 is 41.4. The van der Waals surface area contributed by atoms with Gasteiger partial charge in [0.2, 0.25) is 0 Å². The van der Waals surface area contributed by atoms with Gasteiger partial charge in [-0.3, -0.25) is 4.79 Å². The number of ether oxygens (including phenoxy) is 1. The molecular weight excluding hydrogens is 285 g/mol. The fourth-order valence-corrected chi connectivity index (χ4v) is 1.47. The highest BCUT2D eigenvalue weighted by Gasteiger charge is 2.11. The Morgan fingerprint density at radius 1 is 1.43 bits per heavy atom. The van der Waals surface area contributed by atoms with E-state index in [0.29, 0.717) is 0 Å². The normalized spacial score (nSPS) is 10.1. The first-order chi connectivity index (χ1) is 10.0. The second-order valence-corrected chi connectivity index (χ2v) is 3.92. The van der Waals surface area contributed by atoms with E-state index in [9.17, 15) is 18.0 Å². The molecule has 0 bridgehead atoms. The molecule has 1 amide bonds. The molecular formula is C14H15F3N2O2. The Hall–Kier alpha value is -2.04. The molecule has 4 nitrogen and oxygen atoms in total. The van der Waals surface area contributed by atoms with Crippen LogP contribution < -0.4 is 11.1 Å². The van der Waals surface area contributed by atoms with Crippen LogP contribution >= 0.6 is 0 Å². The molecule has 0 heterocycles. The Morgan fingerprint density at radius 3 is 2.86 bits per heavy atom. The molecule has 0 unspecified atom stereocenters. The van der Waals surface area contributed by atoms with E-state index in [1.54, 1.807) is 0 Å². The maximum Gasteiger partial charge on any atom is 0.261 e. The lowest BCUT2D eigenvalue weighted by atomic mass is 10.1. The summed E-state index contributed by atoms with van der Waals surface area (Å²) in [6.45, 7) is -0.577. The maximum absolute atomic E-state index is 13.1. The van der Waals surface area contributed by atoms with Gasteiger partial charge in [0.05, 0.1) is 18.7 Å². The molecule has 3 N–H and O–H groups in total. The van der Waals surface area contributed by atoms with Crippen molar-refractivity contribution in [3.63, 3.8) is 0 Å². The molecule has 0 fully saturated rings. The number of carbonyl (C=O) groups is 1. The van der Waals surface area contributed by atoms with Crippen molar-refractivity contribution in [2.24, 2.45) is 5.73 Å². The van der Waals surface area contributed by atoms with Crippen LogP contribution in [-0.4, -0.2) is 38.6 Å². The second kappa shape index (κ2) is 9.00. The lowest BCUT2D eigenvalue weighted by Gasteiger charge is -2.08. The summed E-state index contributed by atoms with van der Waals surface area (Å²) in [6.07, 6.45) is -2.55. The van der Waals surface area contributed by atoms with Crippen LogP contribution in [0.1, 0.15) is 15.9 Å². The molecule has 0 spiro atoms. The van der Waals surface area contributed by atoms with E-state index in [1.807, 2.05) is 0 Å². The van der Waals surface area contributed by atoms with Crippen LogP contribution in [0.4, 0.5) is 13.2 Å². The highest BCUT2D eigenvalue weighted by molar-refractivity contribution is 5.96. The third-order valence-corrected chi connectivity index (χ3v) is 2.33. The smallest absolute Gasteiger partial charge is 0.261 e. The summed E-state index contributed by atoms with van der Waals surface area (Å²) in [5.41, 5.74) is 5.63. The van der Waals surface area contributed by atoms with Crippen molar-refractivity contribution in [3.8, 4) is 11.8 Å². The predicted octanol–water partition coefficient (Wildman–Crippen LogP) is 1.15. The summed E-state index contributed by atoms with van der Waals surface area (Å²) >= 11 is 0. The third kappa shape index (κ3) is 6.29. The zero-order valence-electron chi connectivity index (χ0n) is 11.2. The number of rotatable bonds is 6. The Bertz CT molecular complexity index is 539. The van der Waals surface area contributed by atoms with Crippen LogP contribution in [0.2, 0.25) is 0 Å². The summed E-state index contributed by atoms with van der Waals surface area (Å²) in [5, 5.41) is 2.48. The van der Waals surface area contributed by atoms with E-state index in [4.69, 9.17) is 5.73 Å². The maximum atomic E-state index is 13.1. The minimum Gasteiger partial charge on any atom is -0.374 e. The van der Waals surface area contributed by atoms with Crippen LogP contribution in [-0.2, 0) is 4.74 Å². The number of alkyl halides is 2. The van der Waals surface area contributed by atoms with Gasteiger partial charge in [-0.25, -0.2) is 13.2 Å². The predicted molar refractivity (Wildman–Crippen MR) is 71.5 cm³/mol. The molecule has 114 valence electrons. The number of benzene rings is 1. The van der Waals surface area contributed by atoms with Gasteiger partial charge in [0.25, 0.3) is 12.3 Å². The van der Waals surface area contributed by atoms with Gasteiger partial charge < -0.3 is 15.8 Å². The van der Waals surface area contributed by atoms with Gasteiger partial charge in [-0.05, 0) is 18.2 Å². The monoisotopic (exact) mass is 300 g/mol. The number of amides is 1. The van der Waals surface area contributed by atoms with Crippen molar-refractivity contribution in [3.05, 3.63) is 35.1 Å². The Balaban J connectivity index is 2.61. The summed E-state index contributed by atoms with van der Waals surface area (Å²) in [7, 11) is 0. The quantitative estimate of drug-likeness (QED) is 0.612. The van der Waals surface area contributed by atoms with Gasteiger partial charge in [0.15, 0.2) is 0 Å². The largest absolute Gasteiger partial charge is 0.374 e. The number of halogens is 3. The van der Waals surface area contributed by atoms with Gasteiger partial charge in [0.1, 0.15) is 12.4 Å². The zero-order valence-corrected chi connectivity index (χ0v) is 11.2. The average Bonchev–Trinajstić information content (AvgIpc) is 2.44. The molecule has 0 aliphatic rings. The van der Waals surface area contributed by atoms with E-state index in [1.165, 1.54) is 6.07 Å². The SMILES string of the molecule is NCC#Cc1cc(F)ccc1C(=O)NCCOCC(F)F. The Morgan fingerprint density at radius 2 is 2.19 bits per heavy atom. The third-order valence-electron chi connectivity index (χ3n) is 2.33. The first-order valence-electron chi connectivity index (χ1n) is 6.17. The molecule has 0 saturated carbocycles. The molecule has 0 atom stereocenters. The van der Waals surface area contributed by atoms with E-state index >= 15 is 0 Å². The standard InChI is InChI=1S/C14H15F3N2O2/c15-11-3-4-12(10(8-11)2-1-5-18)14(20)19-6-7-21-9-13(16)17/h3-4,8,13H,5-7,9,18H2,(H,19,20). The topological polar surface area (TPSA) is 64.4 Å². The Labute approximate surface area is 120 Å². The van der Waals surface area contributed by atoms with E-state index < -0.39 is 24.8 Å². The van der Waals surface area contributed by atoms with Crippen molar-refractivity contribution < 1.29 is 22.7 Å². The molecule has 0 saturated heterocycles. The fourth-order valence-electron chi connectivity index (χ4n) is 1.47. The Kier molecular flexibility index (Phi) is 7.29. The summed E-state index contributed by atoms with van der Waals surface area (Å²) in [4.78, 5) is 11.9. The molecule has 1 aromatic rings. The molecule has 21 heavy (non-hydrogen) atoms. The fraction of sp³-hybridized carbons (Fsp3) is 0.357.